The summed E-state index contributed by atoms with van der Waals surface area (Å²) in [5, 5.41) is 6.07. The Bertz CT molecular complexity index is 1020. The van der Waals surface area contributed by atoms with E-state index in [-0.39, 0.29) is 18.6 Å². The predicted octanol–water partition coefficient (Wildman–Crippen LogP) is 5.31. The quantitative estimate of drug-likeness (QED) is 0.359. The van der Waals surface area contributed by atoms with Crippen LogP contribution in [0.4, 0.5) is 11.4 Å². The minimum Gasteiger partial charge on any atom is -0.494 e. The van der Waals surface area contributed by atoms with Crippen LogP contribution in [0.2, 0.25) is 0 Å². The smallest absolute Gasteiger partial charge is 0.243 e. The lowest BCUT2D eigenvalue weighted by Gasteiger charge is -2.15. The zero-order valence-electron chi connectivity index (χ0n) is 19.4. The number of para-hydroxylation sites is 2. The van der Waals surface area contributed by atoms with Gasteiger partial charge in [-0.05, 0) is 67.6 Å². The van der Waals surface area contributed by atoms with Crippen LogP contribution in [-0.4, -0.2) is 38.4 Å². The SMILES string of the molecule is O=C(CNc1ccc(OCCCc2ccccc2)cc1)Nc1ccccc1OCC1CCCO1. The molecule has 0 spiro atoms. The van der Waals surface area contributed by atoms with Crippen molar-refractivity contribution < 1.29 is 19.0 Å². The van der Waals surface area contributed by atoms with E-state index in [1.165, 1.54) is 5.56 Å². The van der Waals surface area contributed by atoms with Gasteiger partial charge in [0.1, 0.15) is 18.1 Å². The molecule has 0 aliphatic carbocycles. The van der Waals surface area contributed by atoms with Gasteiger partial charge in [0.05, 0.1) is 24.9 Å². The summed E-state index contributed by atoms with van der Waals surface area (Å²) in [6, 6.07) is 25.5. The Morgan fingerprint density at radius 2 is 1.74 bits per heavy atom. The third-order valence-corrected chi connectivity index (χ3v) is 5.64. The maximum absolute atomic E-state index is 12.5. The molecular formula is C28H32N2O4. The third kappa shape index (κ3) is 7.52. The highest BCUT2D eigenvalue weighted by atomic mass is 16.5. The molecule has 1 unspecified atom stereocenters. The van der Waals surface area contributed by atoms with Crippen LogP contribution < -0.4 is 20.1 Å². The topological polar surface area (TPSA) is 68.8 Å². The van der Waals surface area contributed by atoms with Crippen molar-refractivity contribution in [2.75, 3.05) is 37.0 Å². The number of ether oxygens (including phenoxy) is 3. The summed E-state index contributed by atoms with van der Waals surface area (Å²) >= 11 is 0. The fourth-order valence-electron chi connectivity index (χ4n) is 3.81. The fraction of sp³-hybridized carbons (Fsp3) is 0.321. The van der Waals surface area contributed by atoms with Crippen LogP contribution in [0.15, 0.2) is 78.9 Å². The molecule has 1 heterocycles. The van der Waals surface area contributed by atoms with Crippen molar-refractivity contribution in [3.05, 3.63) is 84.4 Å². The molecule has 1 aliphatic rings. The van der Waals surface area contributed by atoms with Crippen LogP contribution in [-0.2, 0) is 16.0 Å². The number of nitrogens with one attached hydrogen (secondary N) is 2. The second-order valence-corrected chi connectivity index (χ2v) is 8.31. The zero-order valence-corrected chi connectivity index (χ0v) is 19.4. The van der Waals surface area contributed by atoms with Crippen LogP contribution in [0.25, 0.3) is 0 Å². The summed E-state index contributed by atoms with van der Waals surface area (Å²) < 4.78 is 17.3. The van der Waals surface area contributed by atoms with Crippen LogP contribution in [0.1, 0.15) is 24.8 Å². The first-order valence-corrected chi connectivity index (χ1v) is 11.9. The molecule has 2 N–H and O–H groups in total. The van der Waals surface area contributed by atoms with E-state index in [1.54, 1.807) is 0 Å². The summed E-state index contributed by atoms with van der Waals surface area (Å²) in [7, 11) is 0. The third-order valence-electron chi connectivity index (χ3n) is 5.64. The van der Waals surface area contributed by atoms with E-state index in [0.717, 1.165) is 43.7 Å². The van der Waals surface area contributed by atoms with Crippen molar-refractivity contribution in [2.45, 2.75) is 31.8 Å². The first-order valence-electron chi connectivity index (χ1n) is 11.9. The second-order valence-electron chi connectivity index (χ2n) is 8.31. The van der Waals surface area contributed by atoms with Gasteiger partial charge in [0, 0.05) is 12.3 Å². The molecule has 1 saturated heterocycles. The minimum atomic E-state index is -0.144. The maximum Gasteiger partial charge on any atom is 0.243 e. The molecule has 0 bridgehead atoms. The van der Waals surface area contributed by atoms with Crippen LogP contribution >= 0.6 is 0 Å². The summed E-state index contributed by atoms with van der Waals surface area (Å²) in [5.74, 6) is 1.33. The molecule has 4 rings (SSSR count). The molecule has 0 aromatic heterocycles. The molecule has 6 nitrogen and oxygen atoms in total. The Kier molecular flexibility index (Phi) is 8.80. The van der Waals surface area contributed by atoms with Gasteiger partial charge in [-0.2, -0.15) is 0 Å². The molecule has 34 heavy (non-hydrogen) atoms. The lowest BCUT2D eigenvalue weighted by Crippen LogP contribution is -2.22. The molecule has 0 saturated carbocycles. The van der Waals surface area contributed by atoms with Crippen molar-refractivity contribution >= 4 is 17.3 Å². The summed E-state index contributed by atoms with van der Waals surface area (Å²) in [5.41, 5.74) is 2.84. The van der Waals surface area contributed by atoms with Crippen molar-refractivity contribution in [1.82, 2.24) is 0 Å². The molecule has 0 radical (unpaired) electrons. The number of aryl methyl sites for hydroxylation is 1. The summed E-state index contributed by atoms with van der Waals surface area (Å²) in [6.45, 7) is 2.10. The molecule has 1 fully saturated rings. The van der Waals surface area contributed by atoms with Gasteiger partial charge in [0.25, 0.3) is 0 Å². The van der Waals surface area contributed by atoms with E-state index in [2.05, 4.69) is 34.9 Å². The second kappa shape index (κ2) is 12.7. The number of amides is 1. The molecule has 178 valence electrons. The Morgan fingerprint density at radius 3 is 2.53 bits per heavy atom. The summed E-state index contributed by atoms with van der Waals surface area (Å²) in [4.78, 5) is 12.5. The molecule has 3 aromatic rings. The molecule has 1 atom stereocenters. The molecule has 1 amide bonds. The monoisotopic (exact) mass is 460 g/mol. The van der Waals surface area contributed by atoms with Crippen molar-refractivity contribution in [2.24, 2.45) is 0 Å². The van der Waals surface area contributed by atoms with E-state index in [1.807, 2.05) is 54.6 Å². The van der Waals surface area contributed by atoms with Crippen molar-refractivity contribution in [3.63, 3.8) is 0 Å². The lowest BCUT2D eigenvalue weighted by molar-refractivity contribution is -0.114. The van der Waals surface area contributed by atoms with Crippen LogP contribution in [0, 0.1) is 0 Å². The Hall–Kier alpha value is -3.51. The summed E-state index contributed by atoms with van der Waals surface area (Å²) in [6.07, 6.45) is 4.16. The minimum absolute atomic E-state index is 0.126. The number of hydrogen-bond donors (Lipinski definition) is 2. The highest BCUT2D eigenvalue weighted by molar-refractivity contribution is 5.95. The van der Waals surface area contributed by atoms with E-state index >= 15 is 0 Å². The van der Waals surface area contributed by atoms with Gasteiger partial charge < -0.3 is 24.8 Å². The predicted molar refractivity (Wildman–Crippen MR) is 135 cm³/mol. The van der Waals surface area contributed by atoms with Gasteiger partial charge in [-0.3, -0.25) is 4.79 Å². The zero-order chi connectivity index (χ0) is 23.4. The van der Waals surface area contributed by atoms with E-state index < -0.39 is 0 Å². The Labute approximate surface area is 201 Å². The van der Waals surface area contributed by atoms with Gasteiger partial charge >= 0.3 is 0 Å². The molecular weight excluding hydrogens is 428 g/mol. The van der Waals surface area contributed by atoms with Crippen molar-refractivity contribution in [3.8, 4) is 11.5 Å². The van der Waals surface area contributed by atoms with Gasteiger partial charge in [-0.25, -0.2) is 0 Å². The standard InChI is InChI=1S/C28H32N2O4/c31-28(30-26-12-4-5-13-27(26)34-21-25-11-7-19-33-25)20-29-23-14-16-24(17-15-23)32-18-6-10-22-8-2-1-3-9-22/h1-5,8-9,12-17,25,29H,6-7,10-11,18-21H2,(H,30,31). The highest BCUT2D eigenvalue weighted by Gasteiger charge is 2.17. The van der Waals surface area contributed by atoms with E-state index in [4.69, 9.17) is 14.2 Å². The number of carbonyl (C=O) groups excluding carboxylic acids is 1. The molecule has 1 aliphatic heterocycles. The average molecular weight is 461 g/mol. The highest BCUT2D eigenvalue weighted by Crippen LogP contribution is 2.25. The number of rotatable bonds is 12. The van der Waals surface area contributed by atoms with Gasteiger partial charge in [0.2, 0.25) is 5.91 Å². The van der Waals surface area contributed by atoms with Crippen molar-refractivity contribution in [1.29, 1.82) is 0 Å². The lowest BCUT2D eigenvalue weighted by atomic mass is 10.1. The van der Waals surface area contributed by atoms with Gasteiger partial charge in [-0.1, -0.05) is 42.5 Å². The Morgan fingerprint density at radius 1 is 0.941 bits per heavy atom. The average Bonchev–Trinajstić information content (AvgIpc) is 3.40. The molecule has 6 heteroatoms. The number of anilines is 2. The molecule has 3 aromatic carbocycles. The normalized spacial score (nSPS) is 15.0. The van der Waals surface area contributed by atoms with E-state index in [9.17, 15) is 4.79 Å². The Balaban J connectivity index is 1.17. The first-order chi connectivity index (χ1) is 16.8. The number of benzene rings is 3. The van der Waals surface area contributed by atoms with Crippen LogP contribution in [0.5, 0.6) is 11.5 Å². The van der Waals surface area contributed by atoms with Crippen LogP contribution in [0.3, 0.4) is 0 Å². The number of hydrogen-bond acceptors (Lipinski definition) is 5. The first kappa shape index (κ1) is 23.6. The largest absolute Gasteiger partial charge is 0.494 e. The van der Waals surface area contributed by atoms with E-state index in [0.29, 0.717) is 24.7 Å². The maximum atomic E-state index is 12.5. The number of carbonyl (C=O) groups is 1. The fourth-order valence-corrected chi connectivity index (χ4v) is 3.81. The van der Waals surface area contributed by atoms with Gasteiger partial charge in [0.15, 0.2) is 0 Å². The van der Waals surface area contributed by atoms with Gasteiger partial charge in [-0.15, -0.1) is 0 Å².